The third-order valence-electron chi connectivity index (χ3n) is 2.85. The van der Waals surface area contributed by atoms with Crippen molar-refractivity contribution in [1.29, 1.82) is 0 Å². The highest BCUT2D eigenvalue weighted by Crippen LogP contribution is 2.28. The van der Waals surface area contributed by atoms with Crippen molar-refractivity contribution in [3.05, 3.63) is 47.2 Å². The van der Waals surface area contributed by atoms with Gasteiger partial charge in [-0.05, 0) is 37.8 Å². The molecule has 14 heavy (non-hydrogen) atoms. The lowest BCUT2D eigenvalue weighted by Crippen LogP contribution is -2.08. The van der Waals surface area contributed by atoms with Crippen molar-refractivity contribution in [3.63, 3.8) is 0 Å². The largest absolute Gasteiger partial charge is 0.399 e. The van der Waals surface area contributed by atoms with E-state index < -0.39 is 0 Å². The molecule has 0 aromatic rings. The zero-order valence-electron chi connectivity index (χ0n) is 8.66. The van der Waals surface area contributed by atoms with Crippen molar-refractivity contribution in [2.75, 3.05) is 0 Å². The highest BCUT2D eigenvalue weighted by molar-refractivity contribution is 5.35. The van der Waals surface area contributed by atoms with Crippen LogP contribution in [0.15, 0.2) is 47.2 Å². The summed E-state index contributed by atoms with van der Waals surface area (Å²) in [6.07, 6.45) is 14.5. The molecule has 0 fully saturated rings. The molecule has 0 radical (unpaired) electrons. The monoisotopic (exact) mass is 187 g/mol. The second-order valence-electron chi connectivity index (χ2n) is 4.14. The highest BCUT2D eigenvalue weighted by Gasteiger charge is 2.13. The van der Waals surface area contributed by atoms with Gasteiger partial charge in [-0.3, -0.25) is 0 Å². The first-order chi connectivity index (χ1) is 6.75. The molecule has 0 spiro atoms. The van der Waals surface area contributed by atoms with Gasteiger partial charge in [0.2, 0.25) is 0 Å². The Balaban J connectivity index is 2.17. The Hall–Kier alpha value is -1.24. The zero-order valence-corrected chi connectivity index (χ0v) is 8.66. The number of hydrogen-bond donors (Lipinski definition) is 1. The summed E-state index contributed by atoms with van der Waals surface area (Å²) >= 11 is 0. The molecule has 0 aromatic heterocycles. The van der Waals surface area contributed by atoms with Crippen molar-refractivity contribution in [3.8, 4) is 0 Å². The second kappa shape index (κ2) is 3.87. The summed E-state index contributed by atoms with van der Waals surface area (Å²) in [5.41, 5.74) is 9.63. The molecule has 2 aliphatic carbocycles. The van der Waals surface area contributed by atoms with Gasteiger partial charge in [-0.15, -0.1) is 0 Å². The van der Waals surface area contributed by atoms with E-state index in [9.17, 15) is 0 Å². The van der Waals surface area contributed by atoms with E-state index in [1.54, 1.807) is 0 Å². The third kappa shape index (κ3) is 1.98. The van der Waals surface area contributed by atoms with Gasteiger partial charge in [0.15, 0.2) is 0 Å². The summed E-state index contributed by atoms with van der Waals surface area (Å²) in [7, 11) is 0. The predicted molar refractivity (Wildman–Crippen MR) is 60.6 cm³/mol. The van der Waals surface area contributed by atoms with E-state index in [1.165, 1.54) is 24.0 Å². The molecule has 2 N–H and O–H groups in total. The summed E-state index contributed by atoms with van der Waals surface area (Å²) in [5, 5.41) is 0. The number of allylic oxidation sites excluding steroid dienone is 7. The maximum atomic E-state index is 5.79. The van der Waals surface area contributed by atoms with E-state index in [0.29, 0.717) is 5.92 Å². The van der Waals surface area contributed by atoms with Gasteiger partial charge in [-0.25, -0.2) is 0 Å². The first-order valence-corrected chi connectivity index (χ1v) is 5.27. The Morgan fingerprint density at radius 1 is 1.43 bits per heavy atom. The van der Waals surface area contributed by atoms with E-state index in [4.69, 9.17) is 5.73 Å². The Labute approximate surface area is 85.7 Å². The Bertz CT molecular complexity index is 342. The number of nitrogens with two attached hydrogens (primary N) is 1. The van der Waals surface area contributed by atoms with Crippen LogP contribution >= 0.6 is 0 Å². The third-order valence-corrected chi connectivity index (χ3v) is 2.85. The van der Waals surface area contributed by atoms with Crippen LogP contribution in [0.2, 0.25) is 0 Å². The minimum Gasteiger partial charge on any atom is -0.399 e. The smallest absolute Gasteiger partial charge is 0.0276 e. The SMILES string of the molecule is CC1=CC(C2C=C(N)C=CC2)=CCC1. The fourth-order valence-corrected chi connectivity index (χ4v) is 2.08. The predicted octanol–water partition coefficient (Wildman–Crippen LogP) is 3.07. The fraction of sp³-hybridized carbons (Fsp3) is 0.385. The molecule has 1 heteroatoms. The molecule has 0 aromatic carbocycles. The minimum absolute atomic E-state index is 0.509. The van der Waals surface area contributed by atoms with Crippen molar-refractivity contribution in [2.45, 2.75) is 26.2 Å². The van der Waals surface area contributed by atoms with Gasteiger partial charge in [0.25, 0.3) is 0 Å². The maximum absolute atomic E-state index is 5.79. The van der Waals surface area contributed by atoms with Crippen LogP contribution in [0.25, 0.3) is 0 Å². The van der Waals surface area contributed by atoms with Gasteiger partial charge < -0.3 is 5.73 Å². The average molecular weight is 187 g/mol. The zero-order chi connectivity index (χ0) is 9.97. The number of hydrogen-bond acceptors (Lipinski definition) is 1. The molecular formula is C13H17N. The van der Waals surface area contributed by atoms with Gasteiger partial charge in [0.05, 0.1) is 0 Å². The Morgan fingerprint density at radius 3 is 3.00 bits per heavy atom. The van der Waals surface area contributed by atoms with Crippen LogP contribution in [0, 0.1) is 5.92 Å². The molecule has 2 aliphatic rings. The molecule has 1 atom stereocenters. The van der Waals surface area contributed by atoms with Crippen molar-refractivity contribution < 1.29 is 0 Å². The molecule has 1 unspecified atom stereocenters. The van der Waals surface area contributed by atoms with Gasteiger partial charge in [-0.1, -0.05) is 29.9 Å². The first-order valence-electron chi connectivity index (χ1n) is 5.27. The van der Waals surface area contributed by atoms with Crippen molar-refractivity contribution in [1.82, 2.24) is 0 Å². The molecule has 1 nitrogen and oxygen atoms in total. The Kier molecular flexibility index (Phi) is 2.58. The quantitative estimate of drug-likeness (QED) is 0.670. The molecule has 0 bridgehead atoms. The van der Waals surface area contributed by atoms with Crippen LogP contribution in [-0.4, -0.2) is 0 Å². The van der Waals surface area contributed by atoms with Gasteiger partial charge in [0.1, 0.15) is 0 Å². The first kappa shape index (κ1) is 9.32. The van der Waals surface area contributed by atoms with Gasteiger partial charge in [-0.2, -0.15) is 0 Å². The summed E-state index contributed by atoms with van der Waals surface area (Å²) in [6.45, 7) is 2.21. The van der Waals surface area contributed by atoms with Gasteiger partial charge >= 0.3 is 0 Å². The standard InChI is InChI=1S/C13H17N/c1-10-4-2-5-11(8-10)12-6-3-7-13(14)9-12/h3,5,7-9,12H,2,4,6,14H2,1H3. The van der Waals surface area contributed by atoms with Crippen LogP contribution in [0.1, 0.15) is 26.2 Å². The number of rotatable bonds is 1. The molecule has 0 saturated carbocycles. The minimum atomic E-state index is 0.509. The molecule has 0 aliphatic heterocycles. The summed E-state index contributed by atoms with van der Waals surface area (Å²) in [6, 6.07) is 0. The molecule has 74 valence electrons. The van der Waals surface area contributed by atoms with E-state index in [2.05, 4.69) is 31.2 Å². The normalized spacial score (nSPS) is 26.6. The molecule has 0 saturated heterocycles. The lowest BCUT2D eigenvalue weighted by Gasteiger charge is -2.20. The van der Waals surface area contributed by atoms with Crippen molar-refractivity contribution in [2.24, 2.45) is 11.7 Å². The van der Waals surface area contributed by atoms with Crippen LogP contribution in [-0.2, 0) is 0 Å². The molecule has 0 heterocycles. The summed E-state index contributed by atoms with van der Waals surface area (Å²) in [5.74, 6) is 0.509. The summed E-state index contributed by atoms with van der Waals surface area (Å²) in [4.78, 5) is 0. The molecule has 2 rings (SSSR count). The highest BCUT2D eigenvalue weighted by atomic mass is 14.6. The lowest BCUT2D eigenvalue weighted by molar-refractivity contribution is 0.754. The van der Waals surface area contributed by atoms with E-state index in [-0.39, 0.29) is 0 Å². The van der Waals surface area contributed by atoms with E-state index >= 15 is 0 Å². The topological polar surface area (TPSA) is 26.0 Å². The van der Waals surface area contributed by atoms with Crippen LogP contribution < -0.4 is 5.73 Å². The molecule has 0 amide bonds. The second-order valence-corrected chi connectivity index (χ2v) is 4.14. The molecular weight excluding hydrogens is 170 g/mol. The fourth-order valence-electron chi connectivity index (χ4n) is 2.08. The van der Waals surface area contributed by atoms with Crippen LogP contribution in [0.3, 0.4) is 0 Å². The van der Waals surface area contributed by atoms with Crippen molar-refractivity contribution >= 4 is 0 Å². The van der Waals surface area contributed by atoms with Gasteiger partial charge in [0, 0.05) is 11.6 Å². The van der Waals surface area contributed by atoms with E-state index in [1.807, 2.05) is 6.08 Å². The maximum Gasteiger partial charge on any atom is 0.0276 e. The lowest BCUT2D eigenvalue weighted by atomic mass is 9.86. The van der Waals surface area contributed by atoms with Crippen LogP contribution in [0.5, 0.6) is 0 Å². The summed E-state index contributed by atoms with van der Waals surface area (Å²) < 4.78 is 0. The van der Waals surface area contributed by atoms with E-state index in [0.717, 1.165) is 12.1 Å². The Morgan fingerprint density at radius 2 is 2.29 bits per heavy atom. The average Bonchev–Trinajstić information content (AvgIpc) is 2.18. The van der Waals surface area contributed by atoms with Crippen LogP contribution in [0.4, 0.5) is 0 Å².